The van der Waals surface area contributed by atoms with Gasteiger partial charge in [0.25, 0.3) is 0 Å². The molecule has 0 aromatic heterocycles. The zero-order valence-corrected chi connectivity index (χ0v) is 13.3. The molecule has 2 rings (SSSR count). The van der Waals surface area contributed by atoms with Crippen LogP contribution in [0, 0.1) is 0 Å². The van der Waals surface area contributed by atoms with Gasteiger partial charge in [-0.1, -0.05) is 42.5 Å². The number of nitrogens with zero attached hydrogens (tertiary/aromatic N) is 2. The molecule has 116 valence electrons. The summed E-state index contributed by atoms with van der Waals surface area (Å²) in [5, 5.41) is 3.12. The average molecular weight is 296 g/mol. The molecule has 0 atom stereocenters. The highest BCUT2D eigenvalue weighted by atomic mass is 15.1. The van der Waals surface area contributed by atoms with Crippen LogP contribution in [0.2, 0.25) is 0 Å². The van der Waals surface area contributed by atoms with Gasteiger partial charge in [0, 0.05) is 25.3 Å². The lowest BCUT2D eigenvalue weighted by Crippen LogP contribution is -2.23. The van der Waals surface area contributed by atoms with E-state index in [0.29, 0.717) is 12.5 Å². The molecule has 4 nitrogen and oxygen atoms in total. The smallest absolute Gasteiger partial charge is 0.193 e. The molecule has 0 amide bonds. The largest absolute Gasteiger partial charge is 0.370 e. The molecule has 0 radical (unpaired) electrons. The molecule has 2 aromatic rings. The van der Waals surface area contributed by atoms with Gasteiger partial charge in [0.2, 0.25) is 0 Å². The van der Waals surface area contributed by atoms with Crippen LogP contribution < -0.4 is 11.1 Å². The first-order valence-electron chi connectivity index (χ1n) is 7.55. The number of nitrogens with two attached hydrogens (primary N) is 1. The highest BCUT2D eigenvalue weighted by molar-refractivity contribution is 5.92. The first-order chi connectivity index (χ1) is 10.7. The van der Waals surface area contributed by atoms with E-state index < -0.39 is 0 Å². The number of benzene rings is 2. The molecule has 0 heterocycles. The van der Waals surface area contributed by atoms with Crippen molar-refractivity contribution >= 4 is 11.6 Å². The van der Waals surface area contributed by atoms with Gasteiger partial charge in [-0.2, -0.15) is 0 Å². The summed E-state index contributed by atoms with van der Waals surface area (Å²) in [6.07, 6.45) is 0. The first-order valence-corrected chi connectivity index (χ1v) is 7.55. The van der Waals surface area contributed by atoms with Gasteiger partial charge < -0.3 is 11.1 Å². The SMILES string of the molecule is CCN=C(N)Nc1cccc(CN(C)Cc2ccccc2)c1. The van der Waals surface area contributed by atoms with Crippen molar-refractivity contribution in [3.05, 3.63) is 65.7 Å². The van der Waals surface area contributed by atoms with E-state index in [1.54, 1.807) is 0 Å². The van der Waals surface area contributed by atoms with Gasteiger partial charge in [0.15, 0.2) is 5.96 Å². The number of hydrogen-bond donors (Lipinski definition) is 2. The van der Waals surface area contributed by atoms with Crippen LogP contribution in [-0.4, -0.2) is 24.5 Å². The van der Waals surface area contributed by atoms with Gasteiger partial charge in [0.05, 0.1) is 0 Å². The Hall–Kier alpha value is -2.33. The maximum atomic E-state index is 5.80. The summed E-state index contributed by atoms with van der Waals surface area (Å²) in [7, 11) is 2.13. The summed E-state index contributed by atoms with van der Waals surface area (Å²) in [5.74, 6) is 0.456. The minimum atomic E-state index is 0.456. The van der Waals surface area contributed by atoms with E-state index in [1.807, 2.05) is 25.1 Å². The second-order valence-electron chi connectivity index (χ2n) is 5.34. The average Bonchev–Trinajstić information content (AvgIpc) is 2.48. The Morgan fingerprint density at radius 2 is 1.73 bits per heavy atom. The number of rotatable bonds is 6. The van der Waals surface area contributed by atoms with Crippen molar-refractivity contribution in [1.29, 1.82) is 0 Å². The van der Waals surface area contributed by atoms with Crippen LogP contribution in [-0.2, 0) is 13.1 Å². The highest BCUT2D eigenvalue weighted by Crippen LogP contribution is 2.13. The van der Waals surface area contributed by atoms with Crippen LogP contribution in [0.15, 0.2) is 59.6 Å². The van der Waals surface area contributed by atoms with E-state index in [9.17, 15) is 0 Å². The number of nitrogens with one attached hydrogen (secondary N) is 1. The van der Waals surface area contributed by atoms with Crippen LogP contribution in [0.4, 0.5) is 5.69 Å². The van der Waals surface area contributed by atoms with E-state index in [4.69, 9.17) is 5.73 Å². The summed E-state index contributed by atoms with van der Waals surface area (Å²) >= 11 is 0. The van der Waals surface area contributed by atoms with Crippen LogP contribution in [0.5, 0.6) is 0 Å². The Morgan fingerprint density at radius 3 is 2.45 bits per heavy atom. The summed E-state index contributed by atoms with van der Waals surface area (Å²) in [6.45, 7) is 4.45. The minimum Gasteiger partial charge on any atom is -0.370 e. The predicted octanol–water partition coefficient (Wildman–Crippen LogP) is 3.07. The molecule has 0 aliphatic heterocycles. The molecule has 0 unspecified atom stereocenters. The molecule has 2 aromatic carbocycles. The van der Waals surface area contributed by atoms with Crippen molar-refractivity contribution in [2.45, 2.75) is 20.0 Å². The second-order valence-corrected chi connectivity index (χ2v) is 5.34. The molecular formula is C18H24N4. The highest BCUT2D eigenvalue weighted by Gasteiger charge is 2.03. The molecule has 0 aliphatic carbocycles. The van der Waals surface area contributed by atoms with Gasteiger partial charge in [-0.15, -0.1) is 0 Å². The summed E-state index contributed by atoms with van der Waals surface area (Å²) < 4.78 is 0. The molecule has 22 heavy (non-hydrogen) atoms. The fraction of sp³-hybridized carbons (Fsp3) is 0.278. The lowest BCUT2D eigenvalue weighted by molar-refractivity contribution is 0.319. The maximum Gasteiger partial charge on any atom is 0.193 e. The quantitative estimate of drug-likeness (QED) is 0.636. The van der Waals surface area contributed by atoms with Crippen LogP contribution in [0.3, 0.4) is 0 Å². The van der Waals surface area contributed by atoms with Crippen molar-refractivity contribution in [3.8, 4) is 0 Å². The Morgan fingerprint density at radius 1 is 1.05 bits per heavy atom. The van der Waals surface area contributed by atoms with Crippen molar-refractivity contribution in [2.24, 2.45) is 10.7 Å². The third-order valence-corrected chi connectivity index (χ3v) is 3.28. The third-order valence-electron chi connectivity index (χ3n) is 3.28. The zero-order chi connectivity index (χ0) is 15.8. The maximum absolute atomic E-state index is 5.80. The molecule has 0 fully saturated rings. The minimum absolute atomic E-state index is 0.456. The van der Waals surface area contributed by atoms with Crippen molar-refractivity contribution in [3.63, 3.8) is 0 Å². The van der Waals surface area contributed by atoms with E-state index in [0.717, 1.165) is 18.8 Å². The normalized spacial score (nSPS) is 11.7. The summed E-state index contributed by atoms with van der Waals surface area (Å²) in [4.78, 5) is 6.43. The zero-order valence-electron chi connectivity index (χ0n) is 13.3. The lowest BCUT2D eigenvalue weighted by atomic mass is 10.1. The Bertz CT molecular complexity index is 607. The monoisotopic (exact) mass is 296 g/mol. The van der Waals surface area contributed by atoms with E-state index in [2.05, 4.69) is 58.7 Å². The molecule has 0 bridgehead atoms. The molecule has 4 heteroatoms. The number of aliphatic imine (C=N–C) groups is 1. The molecule has 0 saturated heterocycles. The van der Waals surface area contributed by atoms with Gasteiger partial charge in [-0.25, -0.2) is 0 Å². The van der Waals surface area contributed by atoms with Crippen LogP contribution >= 0.6 is 0 Å². The fourth-order valence-corrected chi connectivity index (χ4v) is 2.37. The Kier molecular flexibility index (Phi) is 5.98. The molecule has 0 saturated carbocycles. The Balaban J connectivity index is 1.96. The van der Waals surface area contributed by atoms with Crippen molar-refractivity contribution in [2.75, 3.05) is 18.9 Å². The van der Waals surface area contributed by atoms with E-state index in [-0.39, 0.29) is 0 Å². The first kappa shape index (κ1) is 16.0. The predicted molar refractivity (Wildman–Crippen MR) is 93.8 cm³/mol. The van der Waals surface area contributed by atoms with Gasteiger partial charge in [-0.05, 0) is 37.2 Å². The van der Waals surface area contributed by atoms with Gasteiger partial charge >= 0.3 is 0 Å². The van der Waals surface area contributed by atoms with Crippen LogP contribution in [0.1, 0.15) is 18.1 Å². The lowest BCUT2D eigenvalue weighted by Gasteiger charge is -2.17. The van der Waals surface area contributed by atoms with Gasteiger partial charge in [-0.3, -0.25) is 9.89 Å². The number of hydrogen-bond acceptors (Lipinski definition) is 2. The fourth-order valence-electron chi connectivity index (χ4n) is 2.37. The Labute approximate surface area is 132 Å². The number of guanidine groups is 1. The summed E-state index contributed by atoms with van der Waals surface area (Å²) in [5.41, 5.74) is 9.33. The molecule has 0 aliphatic rings. The summed E-state index contributed by atoms with van der Waals surface area (Å²) in [6, 6.07) is 18.8. The standard InChI is InChI=1S/C18H24N4/c1-3-20-18(19)21-17-11-7-10-16(12-17)14-22(2)13-15-8-5-4-6-9-15/h4-12H,3,13-14H2,1-2H3,(H3,19,20,21). The van der Waals surface area contributed by atoms with Crippen molar-refractivity contribution in [1.82, 2.24) is 4.90 Å². The topological polar surface area (TPSA) is 53.6 Å². The van der Waals surface area contributed by atoms with E-state index >= 15 is 0 Å². The van der Waals surface area contributed by atoms with Gasteiger partial charge in [0.1, 0.15) is 0 Å². The molecular weight excluding hydrogens is 272 g/mol. The number of anilines is 1. The van der Waals surface area contributed by atoms with Crippen molar-refractivity contribution < 1.29 is 0 Å². The third kappa shape index (κ3) is 5.22. The molecule has 0 spiro atoms. The second kappa shape index (κ2) is 8.20. The molecule has 3 N–H and O–H groups in total. The van der Waals surface area contributed by atoms with E-state index in [1.165, 1.54) is 11.1 Å². The van der Waals surface area contributed by atoms with Crippen LogP contribution in [0.25, 0.3) is 0 Å².